The van der Waals surface area contributed by atoms with Gasteiger partial charge in [-0.1, -0.05) is 6.08 Å². The molecular weight excluding hydrogens is 186 g/mol. The van der Waals surface area contributed by atoms with Gasteiger partial charge in [0.1, 0.15) is 0 Å². The van der Waals surface area contributed by atoms with E-state index < -0.39 is 0 Å². The molecule has 0 aromatic heterocycles. The van der Waals surface area contributed by atoms with Crippen LogP contribution in [0.15, 0.2) is 12.7 Å². The average molecular weight is 213 g/mol. The van der Waals surface area contributed by atoms with Gasteiger partial charge in [0.15, 0.2) is 0 Å². The Hall–Kier alpha value is -0.380. The molecule has 0 aromatic rings. The van der Waals surface area contributed by atoms with Crippen LogP contribution in [0.1, 0.15) is 32.6 Å². The molecule has 0 aromatic carbocycles. The molecule has 0 spiro atoms. The van der Waals surface area contributed by atoms with Crippen LogP contribution >= 0.6 is 0 Å². The summed E-state index contributed by atoms with van der Waals surface area (Å²) in [4.78, 5) is 0. The third kappa shape index (κ3) is 6.66. The van der Waals surface area contributed by atoms with Crippen molar-refractivity contribution < 1.29 is 0 Å². The minimum Gasteiger partial charge on any atom is -0.323 e. The van der Waals surface area contributed by atoms with Gasteiger partial charge in [-0.15, -0.1) is 6.58 Å². The van der Waals surface area contributed by atoms with Crippen molar-refractivity contribution in [3.05, 3.63) is 12.7 Å². The van der Waals surface area contributed by atoms with E-state index in [4.69, 9.17) is 5.84 Å². The molecule has 0 aliphatic heterocycles. The SMILES string of the molecule is C=CC.CNC.NNC1CCC2CC2C1. The van der Waals surface area contributed by atoms with Crippen molar-refractivity contribution in [2.24, 2.45) is 17.7 Å². The largest absolute Gasteiger partial charge is 0.323 e. The van der Waals surface area contributed by atoms with Gasteiger partial charge in [0, 0.05) is 6.04 Å². The Bertz CT molecular complexity index is 159. The summed E-state index contributed by atoms with van der Waals surface area (Å²) in [6, 6.07) is 0.633. The van der Waals surface area contributed by atoms with Crippen LogP contribution in [-0.4, -0.2) is 20.1 Å². The summed E-state index contributed by atoms with van der Waals surface area (Å²) in [6.45, 7) is 5.25. The number of nitrogens with one attached hydrogen (secondary N) is 2. The Kier molecular flexibility index (Phi) is 8.67. The van der Waals surface area contributed by atoms with Crippen molar-refractivity contribution in [2.75, 3.05) is 14.1 Å². The average Bonchev–Trinajstić information content (AvgIpc) is 2.97. The van der Waals surface area contributed by atoms with Gasteiger partial charge in [0.2, 0.25) is 0 Å². The van der Waals surface area contributed by atoms with E-state index in [1.807, 2.05) is 21.0 Å². The van der Waals surface area contributed by atoms with Gasteiger partial charge in [0.05, 0.1) is 0 Å². The van der Waals surface area contributed by atoms with Gasteiger partial charge >= 0.3 is 0 Å². The highest BCUT2D eigenvalue weighted by Crippen LogP contribution is 2.49. The molecule has 0 heterocycles. The molecule has 3 nitrogen and oxygen atoms in total. The molecule has 2 aliphatic carbocycles. The first-order valence-corrected chi connectivity index (χ1v) is 5.85. The molecule has 2 rings (SSSR count). The van der Waals surface area contributed by atoms with Gasteiger partial charge in [-0.2, -0.15) is 0 Å². The molecule has 3 heteroatoms. The predicted molar refractivity (Wildman–Crippen MR) is 67.4 cm³/mol. The third-order valence-electron chi connectivity index (χ3n) is 2.78. The first kappa shape index (κ1) is 14.6. The summed E-state index contributed by atoms with van der Waals surface area (Å²) in [7, 11) is 3.75. The Morgan fingerprint density at radius 1 is 1.20 bits per heavy atom. The molecule has 15 heavy (non-hydrogen) atoms. The van der Waals surface area contributed by atoms with Crippen molar-refractivity contribution in [2.45, 2.75) is 38.6 Å². The number of hydrazine groups is 1. The summed E-state index contributed by atoms with van der Waals surface area (Å²) >= 11 is 0. The normalized spacial score (nSPS) is 31.1. The lowest BCUT2D eigenvalue weighted by Gasteiger charge is -2.19. The zero-order valence-electron chi connectivity index (χ0n) is 10.4. The Labute approximate surface area is 94.5 Å². The lowest BCUT2D eigenvalue weighted by molar-refractivity contribution is 0.365. The van der Waals surface area contributed by atoms with Crippen LogP contribution in [0.5, 0.6) is 0 Å². The van der Waals surface area contributed by atoms with Crippen LogP contribution in [0.2, 0.25) is 0 Å². The Morgan fingerprint density at radius 2 is 1.73 bits per heavy atom. The second kappa shape index (κ2) is 8.89. The zero-order valence-corrected chi connectivity index (χ0v) is 10.4. The molecule has 4 N–H and O–H groups in total. The number of nitrogens with two attached hydrogens (primary N) is 1. The summed E-state index contributed by atoms with van der Waals surface area (Å²) in [5, 5.41) is 2.75. The number of rotatable bonds is 1. The molecule has 0 amide bonds. The molecule has 2 fully saturated rings. The van der Waals surface area contributed by atoms with E-state index >= 15 is 0 Å². The molecule has 0 saturated heterocycles. The summed E-state index contributed by atoms with van der Waals surface area (Å²) in [5.41, 5.74) is 2.86. The lowest BCUT2D eigenvalue weighted by Crippen LogP contribution is -2.36. The van der Waals surface area contributed by atoms with E-state index in [1.54, 1.807) is 6.08 Å². The number of hydrogen-bond donors (Lipinski definition) is 3. The van der Waals surface area contributed by atoms with E-state index in [1.165, 1.54) is 25.7 Å². The molecule has 3 atom stereocenters. The second-order valence-corrected chi connectivity index (χ2v) is 4.34. The third-order valence-corrected chi connectivity index (χ3v) is 2.78. The summed E-state index contributed by atoms with van der Waals surface area (Å²) in [6.07, 6.45) is 7.29. The molecule has 2 saturated carbocycles. The highest BCUT2D eigenvalue weighted by Gasteiger charge is 2.41. The smallest absolute Gasteiger partial charge is 0.0213 e. The molecular formula is C12H27N3. The van der Waals surface area contributed by atoms with Crippen LogP contribution in [0.25, 0.3) is 0 Å². The van der Waals surface area contributed by atoms with Gasteiger partial charge in [0.25, 0.3) is 0 Å². The molecule has 90 valence electrons. The van der Waals surface area contributed by atoms with E-state index in [0.717, 1.165) is 11.8 Å². The van der Waals surface area contributed by atoms with Crippen LogP contribution in [0, 0.1) is 11.8 Å². The maximum absolute atomic E-state index is 5.33. The summed E-state index contributed by atoms with van der Waals surface area (Å²) < 4.78 is 0. The zero-order chi connectivity index (χ0) is 11.7. The van der Waals surface area contributed by atoms with Crippen LogP contribution in [0.4, 0.5) is 0 Å². The van der Waals surface area contributed by atoms with Crippen molar-refractivity contribution in [1.29, 1.82) is 0 Å². The van der Waals surface area contributed by atoms with Crippen LogP contribution in [-0.2, 0) is 0 Å². The number of allylic oxidation sites excluding steroid dienone is 1. The molecule has 0 radical (unpaired) electrons. The molecule has 3 unspecified atom stereocenters. The van der Waals surface area contributed by atoms with Gasteiger partial charge in [-0.25, -0.2) is 0 Å². The fraction of sp³-hybridized carbons (Fsp3) is 0.833. The topological polar surface area (TPSA) is 50.1 Å². The maximum Gasteiger partial charge on any atom is 0.0213 e. The van der Waals surface area contributed by atoms with Crippen molar-refractivity contribution in [1.82, 2.24) is 10.7 Å². The minimum atomic E-state index is 0.633. The minimum absolute atomic E-state index is 0.633. The first-order valence-electron chi connectivity index (χ1n) is 5.85. The second-order valence-electron chi connectivity index (χ2n) is 4.34. The lowest BCUT2D eigenvalue weighted by atomic mass is 9.96. The van der Waals surface area contributed by atoms with Crippen molar-refractivity contribution >= 4 is 0 Å². The molecule has 0 bridgehead atoms. The Morgan fingerprint density at radius 3 is 2.13 bits per heavy atom. The standard InChI is InChI=1S/C7H14N2.C3H6.C2H7N/c8-9-7-2-1-5-3-6(5)4-7;2*1-3-2/h5-7,9H,1-4,8H2;3H,1H2,2H3;3H,1-2H3. The quantitative estimate of drug-likeness (QED) is 0.353. The fourth-order valence-corrected chi connectivity index (χ4v) is 2.00. The highest BCUT2D eigenvalue weighted by molar-refractivity contribution is 4.93. The van der Waals surface area contributed by atoms with Gasteiger partial charge < -0.3 is 5.32 Å². The highest BCUT2D eigenvalue weighted by atomic mass is 15.2. The number of fused-ring (bicyclic) bond motifs is 1. The van der Waals surface area contributed by atoms with E-state index in [2.05, 4.69) is 17.3 Å². The summed E-state index contributed by atoms with van der Waals surface area (Å²) in [5.74, 6) is 7.47. The van der Waals surface area contributed by atoms with Crippen molar-refractivity contribution in [3.8, 4) is 0 Å². The number of hydrogen-bond acceptors (Lipinski definition) is 3. The molecule has 2 aliphatic rings. The van der Waals surface area contributed by atoms with Crippen LogP contribution in [0.3, 0.4) is 0 Å². The van der Waals surface area contributed by atoms with E-state index in [9.17, 15) is 0 Å². The van der Waals surface area contributed by atoms with Gasteiger partial charge in [-0.05, 0) is 58.5 Å². The first-order chi connectivity index (χ1) is 7.23. The maximum atomic E-state index is 5.33. The predicted octanol–water partition coefficient (Wildman–Crippen LogP) is 1.67. The van der Waals surface area contributed by atoms with E-state index in [-0.39, 0.29) is 0 Å². The van der Waals surface area contributed by atoms with Crippen molar-refractivity contribution in [3.63, 3.8) is 0 Å². The fourth-order valence-electron chi connectivity index (χ4n) is 2.00. The van der Waals surface area contributed by atoms with Gasteiger partial charge in [-0.3, -0.25) is 11.3 Å². The van der Waals surface area contributed by atoms with Crippen LogP contribution < -0.4 is 16.6 Å². The Balaban J connectivity index is 0.000000280. The monoisotopic (exact) mass is 213 g/mol. The van der Waals surface area contributed by atoms with E-state index in [0.29, 0.717) is 6.04 Å².